The smallest absolute Gasteiger partial charge is 0.113 e. The Morgan fingerprint density at radius 1 is 1.05 bits per heavy atom. The van der Waals surface area contributed by atoms with Gasteiger partial charge in [0.15, 0.2) is 0 Å². The SMILES string of the molecule is NCCCn1cc(-c2cccc3ccccc23)nn1. The Morgan fingerprint density at radius 2 is 1.89 bits per heavy atom. The lowest BCUT2D eigenvalue weighted by Gasteiger charge is -2.02. The molecular weight excluding hydrogens is 236 g/mol. The lowest BCUT2D eigenvalue weighted by Crippen LogP contribution is -2.06. The molecular formula is C15H16N4. The number of benzene rings is 2. The van der Waals surface area contributed by atoms with Gasteiger partial charge in [0.25, 0.3) is 0 Å². The van der Waals surface area contributed by atoms with E-state index < -0.39 is 0 Å². The van der Waals surface area contributed by atoms with Gasteiger partial charge in [0.2, 0.25) is 0 Å². The number of hydrogen-bond donors (Lipinski definition) is 1. The summed E-state index contributed by atoms with van der Waals surface area (Å²) >= 11 is 0. The van der Waals surface area contributed by atoms with Crippen LogP contribution in [-0.4, -0.2) is 21.5 Å². The average Bonchev–Trinajstić information content (AvgIpc) is 2.93. The molecule has 2 N–H and O–H groups in total. The summed E-state index contributed by atoms with van der Waals surface area (Å²) in [7, 11) is 0. The van der Waals surface area contributed by atoms with Crippen LogP contribution < -0.4 is 5.73 Å². The fraction of sp³-hybridized carbons (Fsp3) is 0.200. The Balaban J connectivity index is 2.02. The number of aromatic nitrogens is 3. The fourth-order valence-corrected chi connectivity index (χ4v) is 2.23. The Labute approximate surface area is 111 Å². The molecule has 0 aliphatic carbocycles. The average molecular weight is 252 g/mol. The molecule has 0 amide bonds. The van der Waals surface area contributed by atoms with Gasteiger partial charge in [-0.15, -0.1) is 5.10 Å². The van der Waals surface area contributed by atoms with Crippen molar-refractivity contribution >= 4 is 10.8 Å². The quantitative estimate of drug-likeness (QED) is 0.776. The summed E-state index contributed by atoms with van der Waals surface area (Å²) < 4.78 is 1.85. The normalized spacial score (nSPS) is 11.0. The number of fused-ring (bicyclic) bond motifs is 1. The van der Waals surface area contributed by atoms with Crippen molar-refractivity contribution in [2.24, 2.45) is 5.73 Å². The van der Waals surface area contributed by atoms with Crippen LogP contribution in [-0.2, 0) is 6.54 Å². The molecule has 0 unspecified atom stereocenters. The third-order valence-electron chi connectivity index (χ3n) is 3.20. The molecule has 1 heterocycles. The van der Waals surface area contributed by atoms with Crippen molar-refractivity contribution in [1.82, 2.24) is 15.0 Å². The Bertz CT molecular complexity index is 682. The molecule has 4 nitrogen and oxygen atoms in total. The molecule has 0 saturated heterocycles. The minimum absolute atomic E-state index is 0.670. The van der Waals surface area contributed by atoms with Crippen molar-refractivity contribution in [1.29, 1.82) is 0 Å². The summed E-state index contributed by atoms with van der Waals surface area (Å²) in [6.45, 7) is 1.48. The highest BCUT2D eigenvalue weighted by atomic mass is 15.4. The molecule has 0 aliphatic rings. The highest BCUT2D eigenvalue weighted by Crippen LogP contribution is 2.26. The van der Waals surface area contributed by atoms with Gasteiger partial charge in [0, 0.05) is 12.1 Å². The van der Waals surface area contributed by atoms with E-state index in [0.717, 1.165) is 24.2 Å². The van der Waals surface area contributed by atoms with Crippen molar-refractivity contribution in [2.75, 3.05) is 6.54 Å². The van der Waals surface area contributed by atoms with Crippen LogP contribution in [0.3, 0.4) is 0 Å². The summed E-state index contributed by atoms with van der Waals surface area (Å²) in [5.41, 5.74) is 7.54. The van der Waals surface area contributed by atoms with Crippen LogP contribution in [0.15, 0.2) is 48.7 Å². The van der Waals surface area contributed by atoms with E-state index >= 15 is 0 Å². The summed E-state index contributed by atoms with van der Waals surface area (Å²) in [6, 6.07) is 14.6. The largest absolute Gasteiger partial charge is 0.330 e. The van der Waals surface area contributed by atoms with Gasteiger partial charge in [-0.3, -0.25) is 4.68 Å². The minimum Gasteiger partial charge on any atom is -0.330 e. The van der Waals surface area contributed by atoms with Gasteiger partial charge in [-0.2, -0.15) is 0 Å². The third kappa shape index (κ3) is 2.35. The topological polar surface area (TPSA) is 56.7 Å². The van der Waals surface area contributed by atoms with E-state index in [1.807, 2.05) is 23.0 Å². The van der Waals surface area contributed by atoms with E-state index in [0.29, 0.717) is 6.54 Å². The van der Waals surface area contributed by atoms with Gasteiger partial charge in [-0.05, 0) is 23.7 Å². The molecule has 0 fully saturated rings. The number of nitrogens with zero attached hydrogens (tertiary/aromatic N) is 3. The zero-order valence-electron chi connectivity index (χ0n) is 10.7. The first-order valence-corrected chi connectivity index (χ1v) is 6.47. The summed E-state index contributed by atoms with van der Waals surface area (Å²) in [5.74, 6) is 0. The van der Waals surface area contributed by atoms with Crippen molar-refractivity contribution < 1.29 is 0 Å². The van der Waals surface area contributed by atoms with E-state index in [1.165, 1.54) is 10.8 Å². The lowest BCUT2D eigenvalue weighted by molar-refractivity contribution is 0.564. The maximum Gasteiger partial charge on any atom is 0.113 e. The first-order valence-electron chi connectivity index (χ1n) is 6.47. The molecule has 0 spiro atoms. The highest BCUT2D eigenvalue weighted by molar-refractivity contribution is 5.95. The molecule has 0 radical (unpaired) electrons. The standard InChI is InChI=1S/C15H16N4/c16-9-4-10-19-11-15(17-18-19)14-8-3-6-12-5-1-2-7-13(12)14/h1-3,5-8,11H,4,9-10,16H2. The minimum atomic E-state index is 0.670. The maximum atomic E-state index is 5.51. The van der Waals surface area contributed by atoms with Gasteiger partial charge in [-0.25, -0.2) is 0 Å². The van der Waals surface area contributed by atoms with Gasteiger partial charge in [-0.1, -0.05) is 47.7 Å². The Hall–Kier alpha value is -2.20. The molecule has 0 bridgehead atoms. The second-order valence-corrected chi connectivity index (χ2v) is 4.54. The predicted octanol–water partition coefficient (Wildman–Crippen LogP) is 2.45. The Kier molecular flexibility index (Phi) is 3.25. The molecule has 2 aromatic carbocycles. The van der Waals surface area contributed by atoms with Crippen LogP contribution in [0.1, 0.15) is 6.42 Å². The lowest BCUT2D eigenvalue weighted by atomic mass is 10.0. The maximum absolute atomic E-state index is 5.51. The van der Waals surface area contributed by atoms with Crippen molar-refractivity contribution in [3.63, 3.8) is 0 Å². The molecule has 0 atom stereocenters. The summed E-state index contributed by atoms with van der Waals surface area (Å²) in [6.07, 6.45) is 2.90. The van der Waals surface area contributed by atoms with E-state index in [1.54, 1.807) is 0 Å². The summed E-state index contributed by atoms with van der Waals surface area (Å²) in [5, 5.41) is 10.8. The molecule has 3 aromatic rings. The first kappa shape index (κ1) is 11.9. The van der Waals surface area contributed by atoms with Crippen molar-refractivity contribution in [3.05, 3.63) is 48.7 Å². The number of nitrogens with two attached hydrogens (primary N) is 1. The number of aryl methyl sites for hydroxylation is 1. The monoisotopic (exact) mass is 252 g/mol. The highest BCUT2D eigenvalue weighted by Gasteiger charge is 2.07. The molecule has 4 heteroatoms. The van der Waals surface area contributed by atoms with Crippen LogP contribution in [0.2, 0.25) is 0 Å². The molecule has 0 aliphatic heterocycles. The van der Waals surface area contributed by atoms with Crippen LogP contribution in [0.4, 0.5) is 0 Å². The first-order chi connectivity index (χ1) is 9.38. The van der Waals surface area contributed by atoms with E-state index in [9.17, 15) is 0 Å². The third-order valence-corrected chi connectivity index (χ3v) is 3.20. The van der Waals surface area contributed by atoms with Crippen molar-refractivity contribution in [3.8, 4) is 11.3 Å². The zero-order valence-corrected chi connectivity index (χ0v) is 10.7. The second kappa shape index (κ2) is 5.20. The van der Waals surface area contributed by atoms with Crippen LogP contribution >= 0.6 is 0 Å². The molecule has 3 rings (SSSR count). The summed E-state index contributed by atoms with van der Waals surface area (Å²) in [4.78, 5) is 0. The fourth-order valence-electron chi connectivity index (χ4n) is 2.23. The van der Waals surface area contributed by atoms with Crippen molar-refractivity contribution in [2.45, 2.75) is 13.0 Å². The molecule has 0 saturated carbocycles. The molecule has 1 aromatic heterocycles. The van der Waals surface area contributed by atoms with E-state index in [4.69, 9.17) is 5.73 Å². The van der Waals surface area contributed by atoms with Crippen LogP contribution in [0.5, 0.6) is 0 Å². The van der Waals surface area contributed by atoms with E-state index in [2.05, 4.69) is 40.6 Å². The van der Waals surface area contributed by atoms with Crippen LogP contribution in [0, 0.1) is 0 Å². The van der Waals surface area contributed by atoms with Crippen LogP contribution in [0.25, 0.3) is 22.0 Å². The Morgan fingerprint density at radius 3 is 2.79 bits per heavy atom. The second-order valence-electron chi connectivity index (χ2n) is 4.54. The predicted molar refractivity (Wildman–Crippen MR) is 76.6 cm³/mol. The molecule has 96 valence electrons. The number of rotatable bonds is 4. The van der Waals surface area contributed by atoms with Gasteiger partial charge in [0.05, 0.1) is 6.20 Å². The zero-order chi connectivity index (χ0) is 13.1. The molecule has 19 heavy (non-hydrogen) atoms. The number of hydrogen-bond acceptors (Lipinski definition) is 3. The van der Waals surface area contributed by atoms with Gasteiger partial charge in [0.1, 0.15) is 5.69 Å². The van der Waals surface area contributed by atoms with Gasteiger partial charge < -0.3 is 5.73 Å². The van der Waals surface area contributed by atoms with E-state index in [-0.39, 0.29) is 0 Å². The van der Waals surface area contributed by atoms with Gasteiger partial charge >= 0.3 is 0 Å².